The molecule has 3 heterocycles. The van der Waals surface area contributed by atoms with Crippen molar-refractivity contribution < 1.29 is 24.5 Å². The first-order valence-corrected chi connectivity index (χ1v) is 7.44. The Kier molecular flexibility index (Phi) is 2.77. The van der Waals surface area contributed by atoms with E-state index in [0.717, 1.165) is 6.26 Å². The summed E-state index contributed by atoms with van der Waals surface area (Å²) in [4.78, 5) is 12.9. The van der Waals surface area contributed by atoms with Gasteiger partial charge in [-0.05, 0) is 6.92 Å². The van der Waals surface area contributed by atoms with E-state index in [1.807, 2.05) is 4.90 Å². The number of ether oxygens (including phenoxy) is 2. The summed E-state index contributed by atoms with van der Waals surface area (Å²) in [7, 11) is 1.52. The average molecular weight is 334 g/mol. The number of methoxy groups -OCH3 is 1. The Labute approximate surface area is 137 Å². The van der Waals surface area contributed by atoms with E-state index in [4.69, 9.17) is 20.9 Å². The zero-order valence-corrected chi connectivity index (χ0v) is 13.2. The molecule has 1 unspecified atom stereocenters. The standard InChI is InChI=1S/C15H18N4O5/c1-5-9(16)12(21)8-6(4-24-14(17)22)15(23-2)13-7(18-13)3-19(15)10(8)11(5)20/h4,7,13,18,20-21H,3,16H2,1-2H3,(H2,17,22)/t7-,13?,15+/m0/s1. The van der Waals surface area contributed by atoms with Gasteiger partial charge in [-0.15, -0.1) is 0 Å². The summed E-state index contributed by atoms with van der Waals surface area (Å²) in [5.41, 5.74) is 11.5. The average Bonchev–Trinajstić information content (AvgIpc) is 3.16. The third kappa shape index (κ3) is 1.53. The number of aromatic hydroxyl groups is 2. The maximum atomic E-state index is 11.1. The largest absolute Gasteiger partial charge is 0.505 e. The molecule has 1 amide bonds. The molecule has 0 saturated carbocycles. The van der Waals surface area contributed by atoms with Gasteiger partial charge in [-0.25, -0.2) is 4.79 Å². The van der Waals surface area contributed by atoms with Crippen molar-refractivity contribution in [2.24, 2.45) is 5.73 Å². The molecule has 3 atom stereocenters. The maximum absolute atomic E-state index is 11.1. The highest BCUT2D eigenvalue weighted by molar-refractivity contribution is 6.00. The molecule has 3 aliphatic heterocycles. The van der Waals surface area contributed by atoms with Gasteiger partial charge in [0.1, 0.15) is 17.8 Å². The number of amides is 1. The summed E-state index contributed by atoms with van der Waals surface area (Å²) < 4.78 is 10.7. The van der Waals surface area contributed by atoms with Crippen molar-refractivity contribution in [2.75, 3.05) is 24.3 Å². The van der Waals surface area contributed by atoms with Crippen molar-refractivity contribution in [1.82, 2.24) is 5.32 Å². The number of nitrogens with two attached hydrogens (primary N) is 2. The van der Waals surface area contributed by atoms with E-state index < -0.39 is 11.8 Å². The number of carbonyl (C=O) groups excluding carboxylic acids is 1. The molecule has 24 heavy (non-hydrogen) atoms. The zero-order valence-electron chi connectivity index (χ0n) is 13.2. The van der Waals surface area contributed by atoms with Crippen molar-refractivity contribution >= 4 is 23.0 Å². The highest BCUT2D eigenvalue weighted by atomic mass is 16.5. The number of piperazine rings is 1. The predicted molar refractivity (Wildman–Crippen MR) is 85.4 cm³/mol. The van der Waals surface area contributed by atoms with Gasteiger partial charge >= 0.3 is 6.09 Å². The van der Waals surface area contributed by atoms with Crippen molar-refractivity contribution in [3.63, 3.8) is 0 Å². The Morgan fingerprint density at radius 3 is 2.79 bits per heavy atom. The lowest BCUT2D eigenvalue weighted by atomic mass is 9.94. The first kappa shape index (κ1) is 14.9. The van der Waals surface area contributed by atoms with Gasteiger partial charge < -0.3 is 41.4 Å². The van der Waals surface area contributed by atoms with Crippen LogP contribution in [0.4, 0.5) is 16.2 Å². The van der Waals surface area contributed by atoms with Crippen LogP contribution in [0.25, 0.3) is 5.57 Å². The first-order chi connectivity index (χ1) is 11.3. The number of phenolic OH excluding ortho intramolecular Hbond substituents is 2. The topological polar surface area (TPSA) is 153 Å². The lowest BCUT2D eigenvalue weighted by Gasteiger charge is -2.35. The normalized spacial score (nSPS) is 30.9. The number of rotatable bonds is 2. The van der Waals surface area contributed by atoms with Crippen LogP contribution < -0.4 is 21.7 Å². The van der Waals surface area contributed by atoms with Gasteiger partial charge in [0.2, 0.25) is 0 Å². The second-order valence-electron chi connectivity index (χ2n) is 6.19. The summed E-state index contributed by atoms with van der Waals surface area (Å²) in [6.45, 7) is 2.19. The Bertz CT molecular complexity index is 808. The van der Waals surface area contributed by atoms with Crippen LogP contribution in [-0.4, -0.2) is 47.8 Å². The molecular weight excluding hydrogens is 316 g/mol. The van der Waals surface area contributed by atoms with Gasteiger partial charge in [-0.1, -0.05) is 0 Å². The Balaban J connectivity index is 2.02. The Hall–Kier alpha value is -2.65. The van der Waals surface area contributed by atoms with Gasteiger partial charge in [-0.2, -0.15) is 0 Å². The van der Waals surface area contributed by atoms with Crippen LogP contribution in [-0.2, 0) is 9.47 Å². The van der Waals surface area contributed by atoms with E-state index in [1.54, 1.807) is 6.92 Å². The van der Waals surface area contributed by atoms with Crippen molar-refractivity contribution in [2.45, 2.75) is 24.7 Å². The molecule has 2 saturated heterocycles. The van der Waals surface area contributed by atoms with E-state index in [9.17, 15) is 15.0 Å². The van der Waals surface area contributed by atoms with Crippen LogP contribution in [0.15, 0.2) is 6.26 Å². The molecule has 0 bridgehead atoms. The van der Waals surface area contributed by atoms with E-state index >= 15 is 0 Å². The van der Waals surface area contributed by atoms with Crippen molar-refractivity contribution in [1.29, 1.82) is 0 Å². The molecule has 0 radical (unpaired) electrons. The van der Waals surface area contributed by atoms with E-state index in [0.29, 0.717) is 23.4 Å². The highest BCUT2D eigenvalue weighted by Crippen LogP contribution is 2.62. The van der Waals surface area contributed by atoms with Crippen molar-refractivity contribution in [3.05, 3.63) is 17.4 Å². The summed E-state index contributed by atoms with van der Waals surface area (Å²) in [5, 5.41) is 24.5. The first-order valence-electron chi connectivity index (χ1n) is 7.44. The quantitative estimate of drug-likeness (QED) is 0.166. The molecule has 9 heteroatoms. The van der Waals surface area contributed by atoms with Gasteiger partial charge in [0, 0.05) is 25.3 Å². The fourth-order valence-electron chi connectivity index (χ4n) is 3.94. The molecule has 0 aliphatic carbocycles. The lowest BCUT2D eigenvalue weighted by Crippen LogP contribution is -2.50. The van der Waals surface area contributed by atoms with Crippen LogP contribution >= 0.6 is 0 Å². The molecule has 3 aliphatic rings. The number of nitrogens with one attached hydrogen (secondary N) is 1. The number of anilines is 2. The second-order valence-corrected chi connectivity index (χ2v) is 6.19. The predicted octanol–water partition coefficient (Wildman–Crippen LogP) is -0.0587. The minimum absolute atomic E-state index is 0.0366. The third-order valence-corrected chi connectivity index (χ3v) is 5.13. The van der Waals surface area contributed by atoms with Crippen LogP contribution in [0.5, 0.6) is 11.5 Å². The summed E-state index contributed by atoms with van der Waals surface area (Å²) in [6, 6.07) is 0.104. The van der Waals surface area contributed by atoms with E-state index in [1.165, 1.54) is 7.11 Å². The fraction of sp³-hybridized carbons (Fsp3) is 0.400. The van der Waals surface area contributed by atoms with Crippen LogP contribution in [0, 0.1) is 6.92 Å². The number of primary amides is 1. The number of carbonyl (C=O) groups is 1. The summed E-state index contributed by atoms with van der Waals surface area (Å²) >= 11 is 0. The van der Waals surface area contributed by atoms with Gasteiger partial charge in [0.05, 0.1) is 28.6 Å². The van der Waals surface area contributed by atoms with Crippen LogP contribution in [0.3, 0.4) is 0 Å². The molecule has 0 spiro atoms. The van der Waals surface area contributed by atoms with Crippen LogP contribution in [0.2, 0.25) is 0 Å². The number of hydrogen-bond donors (Lipinski definition) is 5. The molecule has 7 N–H and O–H groups in total. The fourth-order valence-corrected chi connectivity index (χ4v) is 3.94. The summed E-state index contributed by atoms with van der Waals surface area (Å²) in [6.07, 6.45) is 0.164. The minimum Gasteiger partial charge on any atom is -0.505 e. The summed E-state index contributed by atoms with van der Waals surface area (Å²) in [5.74, 6) is -0.229. The number of benzene rings is 1. The molecule has 1 aromatic carbocycles. The molecule has 1 aromatic rings. The molecule has 9 nitrogen and oxygen atoms in total. The number of phenols is 2. The molecule has 128 valence electrons. The Morgan fingerprint density at radius 2 is 2.17 bits per heavy atom. The van der Waals surface area contributed by atoms with Crippen LogP contribution in [0.1, 0.15) is 11.1 Å². The smallest absolute Gasteiger partial charge is 0.409 e. The number of nitrogens with zero attached hydrogens (tertiary/aromatic N) is 1. The second kappa shape index (κ2) is 4.46. The monoisotopic (exact) mass is 334 g/mol. The van der Waals surface area contributed by atoms with Gasteiger partial charge in [0.15, 0.2) is 5.72 Å². The Morgan fingerprint density at radius 1 is 1.46 bits per heavy atom. The third-order valence-electron chi connectivity index (χ3n) is 5.13. The molecule has 2 fully saturated rings. The maximum Gasteiger partial charge on any atom is 0.409 e. The number of fused-ring (bicyclic) bond motifs is 5. The molecular formula is C15H18N4O5. The molecule has 4 rings (SSSR count). The minimum atomic E-state index is -1.02. The zero-order chi connectivity index (χ0) is 17.4. The van der Waals surface area contributed by atoms with Gasteiger partial charge in [0.25, 0.3) is 0 Å². The van der Waals surface area contributed by atoms with E-state index in [-0.39, 0.29) is 34.8 Å². The van der Waals surface area contributed by atoms with Crippen molar-refractivity contribution in [3.8, 4) is 11.5 Å². The van der Waals surface area contributed by atoms with E-state index in [2.05, 4.69) is 5.32 Å². The van der Waals surface area contributed by atoms with Gasteiger partial charge in [-0.3, -0.25) is 0 Å². The SMILES string of the molecule is CO[C@@]12C(=COC(N)=O)c3c(O)c(N)c(C)c(O)c3N1C[C@@H]1NC12. The molecule has 0 aromatic heterocycles. The lowest BCUT2D eigenvalue weighted by molar-refractivity contribution is 0.0498. The number of nitrogen functional groups attached to an aromatic ring is 1. The highest BCUT2D eigenvalue weighted by Gasteiger charge is 2.69. The number of hydrogen-bond acceptors (Lipinski definition) is 8.